The predicted molar refractivity (Wildman–Crippen MR) is 112 cm³/mol. The molecule has 0 bridgehead atoms. The van der Waals surface area contributed by atoms with E-state index in [9.17, 15) is 4.79 Å². The van der Waals surface area contributed by atoms with E-state index >= 15 is 0 Å². The molecule has 3 heterocycles. The molecular formula is C20H19N5OS2. The zero-order valence-corrected chi connectivity index (χ0v) is 17.2. The topological polar surface area (TPSA) is 72.7 Å². The minimum absolute atomic E-state index is 0.0917. The number of thiazole rings is 1. The second-order valence-electron chi connectivity index (χ2n) is 6.29. The van der Waals surface area contributed by atoms with Crippen LogP contribution in [0.3, 0.4) is 0 Å². The molecule has 0 atom stereocenters. The first-order chi connectivity index (χ1) is 13.6. The van der Waals surface area contributed by atoms with Crippen LogP contribution in [0.1, 0.15) is 25.9 Å². The molecule has 142 valence electrons. The van der Waals surface area contributed by atoms with Gasteiger partial charge in [0.2, 0.25) is 0 Å². The summed E-state index contributed by atoms with van der Waals surface area (Å²) in [5, 5.41) is 14.3. The number of carbonyl (C=O) groups excluding carboxylic acids is 1. The Hall–Kier alpha value is -2.84. The lowest BCUT2D eigenvalue weighted by Crippen LogP contribution is -2.25. The van der Waals surface area contributed by atoms with Crippen molar-refractivity contribution in [1.82, 2.24) is 25.3 Å². The highest BCUT2D eigenvalue weighted by Crippen LogP contribution is 2.29. The molecule has 0 aliphatic heterocycles. The first-order valence-corrected chi connectivity index (χ1v) is 10.6. The number of aromatic nitrogens is 4. The highest BCUT2D eigenvalue weighted by atomic mass is 32.1. The van der Waals surface area contributed by atoms with Crippen molar-refractivity contribution in [3.05, 3.63) is 69.0 Å². The number of hydrogen-bond donors (Lipinski definition) is 1. The van der Waals surface area contributed by atoms with Gasteiger partial charge in [-0.25, -0.2) is 9.67 Å². The van der Waals surface area contributed by atoms with Gasteiger partial charge in [-0.2, -0.15) is 0 Å². The number of aryl methyl sites for hydroxylation is 1. The van der Waals surface area contributed by atoms with Crippen LogP contribution in [0.4, 0.5) is 0 Å². The summed E-state index contributed by atoms with van der Waals surface area (Å²) < 4.78 is 1.78. The number of benzene rings is 1. The number of thiophene rings is 1. The lowest BCUT2D eigenvalue weighted by atomic mass is 10.3. The third kappa shape index (κ3) is 3.74. The zero-order chi connectivity index (χ0) is 19.5. The fraction of sp³-hybridized carbons (Fsp3) is 0.200. The molecule has 3 aromatic heterocycles. The van der Waals surface area contributed by atoms with Crippen LogP contribution in [0, 0.1) is 13.8 Å². The second kappa shape index (κ2) is 8.04. The van der Waals surface area contributed by atoms with E-state index in [2.05, 4.69) is 26.7 Å². The van der Waals surface area contributed by atoms with Crippen LogP contribution in [0.2, 0.25) is 0 Å². The van der Waals surface area contributed by atoms with Gasteiger partial charge in [0.25, 0.3) is 5.91 Å². The molecule has 0 unspecified atom stereocenters. The molecule has 1 aromatic carbocycles. The van der Waals surface area contributed by atoms with Crippen molar-refractivity contribution in [2.24, 2.45) is 0 Å². The highest BCUT2D eigenvalue weighted by Gasteiger charge is 2.20. The minimum Gasteiger partial charge on any atom is -0.351 e. The number of carbonyl (C=O) groups is 1. The molecule has 1 N–H and O–H groups in total. The van der Waals surface area contributed by atoms with Crippen LogP contribution in [0.15, 0.2) is 47.8 Å². The number of nitrogens with zero attached hydrogens (tertiary/aromatic N) is 4. The summed E-state index contributed by atoms with van der Waals surface area (Å²) in [5.41, 5.74) is 3.25. The van der Waals surface area contributed by atoms with Crippen molar-refractivity contribution in [2.45, 2.75) is 20.3 Å². The quantitative estimate of drug-likeness (QED) is 0.522. The van der Waals surface area contributed by atoms with E-state index in [1.54, 1.807) is 16.0 Å². The molecule has 28 heavy (non-hydrogen) atoms. The average Bonchev–Trinajstić information content (AvgIpc) is 3.43. The van der Waals surface area contributed by atoms with E-state index in [0.717, 1.165) is 17.8 Å². The number of hydrogen-bond acceptors (Lipinski definition) is 6. The largest absolute Gasteiger partial charge is 0.351 e. The zero-order valence-electron chi connectivity index (χ0n) is 15.5. The molecular weight excluding hydrogens is 390 g/mol. The molecule has 8 heteroatoms. The Bertz CT molecular complexity index is 1080. The highest BCUT2D eigenvalue weighted by molar-refractivity contribution is 7.17. The fourth-order valence-electron chi connectivity index (χ4n) is 2.88. The van der Waals surface area contributed by atoms with Crippen LogP contribution in [-0.4, -0.2) is 32.4 Å². The maximum Gasteiger partial charge on any atom is 0.263 e. The maximum absolute atomic E-state index is 12.6. The summed E-state index contributed by atoms with van der Waals surface area (Å²) in [6, 6.07) is 13.9. The molecule has 0 spiro atoms. The van der Waals surface area contributed by atoms with E-state index in [-0.39, 0.29) is 5.91 Å². The first-order valence-electron chi connectivity index (χ1n) is 8.89. The van der Waals surface area contributed by atoms with Gasteiger partial charge in [0.05, 0.1) is 17.1 Å². The van der Waals surface area contributed by atoms with E-state index in [0.29, 0.717) is 27.8 Å². The number of nitrogens with one attached hydrogen (secondary N) is 1. The summed E-state index contributed by atoms with van der Waals surface area (Å²) in [5.74, 6) is -0.0917. The molecule has 0 radical (unpaired) electrons. The normalized spacial score (nSPS) is 10.9. The van der Waals surface area contributed by atoms with E-state index < -0.39 is 0 Å². The summed E-state index contributed by atoms with van der Waals surface area (Å²) >= 11 is 3.05. The smallest absolute Gasteiger partial charge is 0.263 e. The second-order valence-corrected chi connectivity index (χ2v) is 8.32. The van der Waals surface area contributed by atoms with Gasteiger partial charge < -0.3 is 5.32 Å². The Morgan fingerprint density at radius 2 is 1.96 bits per heavy atom. The average molecular weight is 410 g/mol. The fourth-order valence-corrected chi connectivity index (χ4v) is 4.61. The van der Waals surface area contributed by atoms with Crippen molar-refractivity contribution in [3.8, 4) is 16.4 Å². The van der Waals surface area contributed by atoms with Gasteiger partial charge in [-0.3, -0.25) is 4.79 Å². The molecule has 0 saturated heterocycles. The van der Waals surface area contributed by atoms with Gasteiger partial charge in [0, 0.05) is 11.4 Å². The molecule has 6 nitrogen and oxygen atoms in total. The molecule has 1 amide bonds. The van der Waals surface area contributed by atoms with Gasteiger partial charge in [0.15, 0.2) is 0 Å². The molecule has 4 rings (SSSR count). The van der Waals surface area contributed by atoms with Crippen molar-refractivity contribution in [1.29, 1.82) is 0 Å². The van der Waals surface area contributed by atoms with Crippen LogP contribution in [0.25, 0.3) is 16.4 Å². The Kier molecular flexibility index (Phi) is 5.31. The number of rotatable bonds is 6. The first kappa shape index (κ1) is 18.5. The number of amides is 1. The lowest BCUT2D eigenvalue weighted by molar-refractivity contribution is 0.0957. The van der Waals surface area contributed by atoms with Crippen molar-refractivity contribution < 1.29 is 4.79 Å². The SMILES string of the molecule is Cc1nc(-c2nnn(-c3ccccc3)c2C)sc1C(=O)NCCc1cccs1. The molecule has 0 saturated carbocycles. The van der Waals surface area contributed by atoms with E-state index in [1.807, 2.05) is 55.6 Å². The molecule has 4 aromatic rings. The third-order valence-electron chi connectivity index (χ3n) is 4.34. The van der Waals surface area contributed by atoms with Crippen LogP contribution < -0.4 is 5.32 Å². The molecule has 0 aliphatic rings. The number of para-hydroxylation sites is 1. The van der Waals surface area contributed by atoms with Gasteiger partial charge in [-0.15, -0.1) is 27.8 Å². The molecule has 0 fully saturated rings. The van der Waals surface area contributed by atoms with Crippen LogP contribution in [-0.2, 0) is 6.42 Å². The van der Waals surface area contributed by atoms with Crippen molar-refractivity contribution in [2.75, 3.05) is 6.54 Å². The summed E-state index contributed by atoms with van der Waals surface area (Å²) in [4.78, 5) is 19.0. The van der Waals surface area contributed by atoms with Crippen LogP contribution >= 0.6 is 22.7 Å². The Morgan fingerprint density at radius 1 is 1.14 bits per heavy atom. The summed E-state index contributed by atoms with van der Waals surface area (Å²) in [6.07, 6.45) is 0.832. The summed E-state index contributed by atoms with van der Waals surface area (Å²) in [6.45, 7) is 4.42. The predicted octanol–water partition coefficient (Wildman–Crippen LogP) is 4.04. The van der Waals surface area contributed by atoms with E-state index in [1.165, 1.54) is 16.2 Å². The Morgan fingerprint density at radius 3 is 2.71 bits per heavy atom. The van der Waals surface area contributed by atoms with Gasteiger partial charge >= 0.3 is 0 Å². The Balaban J connectivity index is 1.51. The van der Waals surface area contributed by atoms with Crippen molar-refractivity contribution in [3.63, 3.8) is 0 Å². The standard InChI is InChI=1S/C20H19N5OS2/c1-13-18(19(26)21-11-10-16-9-6-12-27-16)28-20(22-13)17-14(2)25(24-23-17)15-7-4-3-5-8-15/h3-9,12H,10-11H2,1-2H3,(H,21,26). The van der Waals surface area contributed by atoms with Crippen LogP contribution in [0.5, 0.6) is 0 Å². The molecule has 0 aliphatic carbocycles. The third-order valence-corrected chi connectivity index (χ3v) is 6.44. The van der Waals surface area contributed by atoms with Gasteiger partial charge in [-0.05, 0) is 43.8 Å². The maximum atomic E-state index is 12.6. The van der Waals surface area contributed by atoms with Gasteiger partial charge in [-0.1, -0.05) is 29.5 Å². The van der Waals surface area contributed by atoms with Crippen molar-refractivity contribution >= 4 is 28.6 Å². The Labute approximate surface area is 170 Å². The van der Waals surface area contributed by atoms with E-state index in [4.69, 9.17) is 0 Å². The minimum atomic E-state index is -0.0917. The lowest BCUT2D eigenvalue weighted by Gasteiger charge is -2.02. The monoisotopic (exact) mass is 409 g/mol. The van der Waals surface area contributed by atoms with Gasteiger partial charge in [0.1, 0.15) is 15.6 Å². The summed E-state index contributed by atoms with van der Waals surface area (Å²) in [7, 11) is 0.